The molecule has 82 valence electrons. The molecule has 0 spiro atoms. The summed E-state index contributed by atoms with van der Waals surface area (Å²) in [7, 11) is 0. The van der Waals surface area contributed by atoms with Crippen LogP contribution >= 0.6 is 23.4 Å². The second-order valence-electron chi connectivity index (χ2n) is 3.82. The molecule has 1 N–H and O–H groups in total. The lowest BCUT2D eigenvalue weighted by Crippen LogP contribution is -2.26. The first kappa shape index (κ1) is 11.2. The lowest BCUT2D eigenvalue weighted by Gasteiger charge is -2.26. The van der Waals surface area contributed by atoms with E-state index < -0.39 is 0 Å². The SMILES string of the molecule is O[C@@H]1CCCC[C@H]1Sc1ccc(Cl)cn1. The molecular weight excluding hydrogens is 230 g/mol. The third kappa shape index (κ3) is 3.10. The van der Waals surface area contributed by atoms with Crippen molar-refractivity contribution in [3.05, 3.63) is 23.4 Å². The van der Waals surface area contributed by atoms with Crippen molar-refractivity contribution in [2.45, 2.75) is 42.1 Å². The van der Waals surface area contributed by atoms with E-state index in [2.05, 4.69) is 4.98 Å². The minimum Gasteiger partial charge on any atom is -0.392 e. The molecule has 1 saturated carbocycles. The van der Waals surface area contributed by atoms with E-state index in [0.717, 1.165) is 24.3 Å². The number of hydrogen-bond donors (Lipinski definition) is 1. The highest BCUT2D eigenvalue weighted by atomic mass is 35.5. The number of rotatable bonds is 2. The van der Waals surface area contributed by atoms with Crippen molar-refractivity contribution in [1.82, 2.24) is 4.98 Å². The predicted octanol–water partition coefficient (Wildman–Crippen LogP) is 3.13. The summed E-state index contributed by atoms with van der Waals surface area (Å²) in [6, 6.07) is 3.75. The first-order valence-corrected chi connectivity index (χ1v) is 6.48. The summed E-state index contributed by atoms with van der Waals surface area (Å²) in [4.78, 5) is 4.23. The molecule has 1 fully saturated rings. The van der Waals surface area contributed by atoms with E-state index in [1.165, 1.54) is 6.42 Å². The van der Waals surface area contributed by atoms with Crippen LogP contribution < -0.4 is 0 Å². The number of nitrogens with zero attached hydrogens (tertiary/aromatic N) is 1. The minimum absolute atomic E-state index is 0.179. The van der Waals surface area contributed by atoms with Gasteiger partial charge in [-0.15, -0.1) is 11.8 Å². The standard InChI is InChI=1S/C11H14ClNOS/c12-8-5-6-11(13-7-8)15-10-4-2-1-3-9(10)14/h5-7,9-10,14H,1-4H2/t9-,10-/m1/s1. The molecule has 15 heavy (non-hydrogen) atoms. The Hall–Kier alpha value is -0.250. The molecule has 0 amide bonds. The van der Waals surface area contributed by atoms with Gasteiger partial charge in [-0.3, -0.25) is 0 Å². The lowest BCUT2D eigenvalue weighted by molar-refractivity contribution is 0.137. The van der Waals surface area contributed by atoms with Crippen molar-refractivity contribution < 1.29 is 5.11 Å². The number of pyridine rings is 1. The second kappa shape index (κ2) is 5.19. The third-order valence-electron chi connectivity index (χ3n) is 2.64. The lowest BCUT2D eigenvalue weighted by atomic mass is 9.97. The average molecular weight is 244 g/mol. The van der Waals surface area contributed by atoms with Crippen molar-refractivity contribution in [3.8, 4) is 0 Å². The van der Waals surface area contributed by atoms with Crippen LogP contribution in [0, 0.1) is 0 Å². The van der Waals surface area contributed by atoms with Crippen LogP contribution in [-0.4, -0.2) is 21.4 Å². The highest BCUT2D eigenvalue weighted by Crippen LogP contribution is 2.33. The van der Waals surface area contributed by atoms with Crippen LogP contribution in [0.25, 0.3) is 0 Å². The van der Waals surface area contributed by atoms with E-state index in [-0.39, 0.29) is 6.10 Å². The summed E-state index contributed by atoms with van der Waals surface area (Å²) < 4.78 is 0. The molecule has 1 aliphatic rings. The fraction of sp³-hybridized carbons (Fsp3) is 0.545. The van der Waals surface area contributed by atoms with Gasteiger partial charge in [0.25, 0.3) is 0 Å². The van der Waals surface area contributed by atoms with Gasteiger partial charge in [0.05, 0.1) is 16.2 Å². The van der Waals surface area contributed by atoms with Gasteiger partial charge < -0.3 is 5.11 Å². The van der Waals surface area contributed by atoms with Gasteiger partial charge in [-0.1, -0.05) is 24.4 Å². The first-order valence-electron chi connectivity index (χ1n) is 5.22. The fourth-order valence-corrected chi connectivity index (χ4v) is 3.06. The quantitative estimate of drug-likeness (QED) is 0.867. The van der Waals surface area contributed by atoms with Gasteiger partial charge in [0, 0.05) is 11.4 Å². The monoisotopic (exact) mass is 243 g/mol. The molecule has 0 bridgehead atoms. The fourth-order valence-electron chi connectivity index (χ4n) is 1.80. The van der Waals surface area contributed by atoms with Gasteiger partial charge >= 0.3 is 0 Å². The molecule has 2 nitrogen and oxygen atoms in total. The van der Waals surface area contributed by atoms with Crippen LogP contribution in [0.1, 0.15) is 25.7 Å². The molecule has 1 aromatic heterocycles. The largest absolute Gasteiger partial charge is 0.392 e. The Balaban J connectivity index is 1.98. The molecule has 0 unspecified atom stereocenters. The molecule has 1 heterocycles. The molecule has 1 aliphatic carbocycles. The van der Waals surface area contributed by atoms with Gasteiger partial charge in [-0.25, -0.2) is 4.98 Å². The van der Waals surface area contributed by atoms with Crippen molar-refractivity contribution in [2.75, 3.05) is 0 Å². The van der Waals surface area contributed by atoms with Gasteiger partial charge in [-0.2, -0.15) is 0 Å². The third-order valence-corrected chi connectivity index (χ3v) is 4.20. The smallest absolute Gasteiger partial charge is 0.0964 e. The zero-order valence-corrected chi connectivity index (χ0v) is 9.97. The van der Waals surface area contributed by atoms with Crippen molar-refractivity contribution in [1.29, 1.82) is 0 Å². The minimum atomic E-state index is -0.179. The Morgan fingerprint density at radius 2 is 2.13 bits per heavy atom. The number of aliphatic hydroxyl groups excluding tert-OH is 1. The van der Waals surface area contributed by atoms with Crippen LogP contribution in [0.15, 0.2) is 23.4 Å². The Morgan fingerprint density at radius 3 is 2.80 bits per heavy atom. The molecule has 1 aromatic rings. The number of thioether (sulfide) groups is 1. The van der Waals surface area contributed by atoms with Crippen LogP contribution in [0.5, 0.6) is 0 Å². The summed E-state index contributed by atoms with van der Waals surface area (Å²) in [6.07, 6.45) is 5.83. The van der Waals surface area contributed by atoms with Crippen molar-refractivity contribution in [3.63, 3.8) is 0 Å². The summed E-state index contributed by atoms with van der Waals surface area (Å²) in [5.41, 5.74) is 0. The Labute approximate surface area is 99.1 Å². The van der Waals surface area contributed by atoms with E-state index in [1.54, 1.807) is 18.0 Å². The van der Waals surface area contributed by atoms with Gasteiger partial charge in [0.15, 0.2) is 0 Å². The molecule has 4 heteroatoms. The summed E-state index contributed by atoms with van der Waals surface area (Å²) in [5.74, 6) is 0. The first-order chi connectivity index (χ1) is 7.25. The molecule has 0 aromatic carbocycles. The number of hydrogen-bond acceptors (Lipinski definition) is 3. The maximum absolute atomic E-state index is 9.81. The van der Waals surface area contributed by atoms with Gasteiger partial charge in [0.1, 0.15) is 0 Å². The average Bonchev–Trinajstić information content (AvgIpc) is 2.25. The predicted molar refractivity (Wildman–Crippen MR) is 63.4 cm³/mol. The van der Waals surface area contributed by atoms with Crippen LogP contribution in [0.3, 0.4) is 0 Å². The van der Waals surface area contributed by atoms with E-state index in [1.807, 2.05) is 12.1 Å². The number of aliphatic hydroxyl groups is 1. The normalized spacial score (nSPS) is 26.5. The van der Waals surface area contributed by atoms with Gasteiger partial charge in [0.2, 0.25) is 0 Å². The highest BCUT2D eigenvalue weighted by molar-refractivity contribution is 7.99. The Bertz CT molecular complexity index is 317. The maximum Gasteiger partial charge on any atom is 0.0964 e. The number of halogens is 1. The zero-order chi connectivity index (χ0) is 10.7. The molecular formula is C11H14ClNOS. The Morgan fingerprint density at radius 1 is 1.33 bits per heavy atom. The van der Waals surface area contributed by atoms with Crippen LogP contribution in [-0.2, 0) is 0 Å². The van der Waals surface area contributed by atoms with Crippen LogP contribution in [0.2, 0.25) is 5.02 Å². The van der Waals surface area contributed by atoms with Crippen LogP contribution in [0.4, 0.5) is 0 Å². The van der Waals surface area contributed by atoms with E-state index in [0.29, 0.717) is 10.3 Å². The number of aromatic nitrogens is 1. The summed E-state index contributed by atoms with van der Waals surface area (Å²) >= 11 is 7.42. The zero-order valence-electron chi connectivity index (χ0n) is 8.40. The Kier molecular flexibility index (Phi) is 3.89. The summed E-state index contributed by atoms with van der Waals surface area (Å²) in [5, 5.41) is 11.7. The van der Waals surface area contributed by atoms with Gasteiger partial charge in [-0.05, 0) is 25.0 Å². The van der Waals surface area contributed by atoms with E-state index in [9.17, 15) is 5.11 Å². The highest BCUT2D eigenvalue weighted by Gasteiger charge is 2.24. The molecule has 0 saturated heterocycles. The topological polar surface area (TPSA) is 33.1 Å². The second-order valence-corrected chi connectivity index (χ2v) is 5.52. The molecule has 2 rings (SSSR count). The van der Waals surface area contributed by atoms with E-state index >= 15 is 0 Å². The molecule has 2 atom stereocenters. The maximum atomic E-state index is 9.81. The van der Waals surface area contributed by atoms with Crippen molar-refractivity contribution in [2.24, 2.45) is 0 Å². The molecule has 0 radical (unpaired) electrons. The van der Waals surface area contributed by atoms with Crippen molar-refractivity contribution >= 4 is 23.4 Å². The summed E-state index contributed by atoms with van der Waals surface area (Å²) in [6.45, 7) is 0. The van der Waals surface area contributed by atoms with E-state index in [4.69, 9.17) is 11.6 Å². The molecule has 0 aliphatic heterocycles.